The minimum absolute atomic E-state index is 0.580. The van der Waals surface area contributed by atoms with Crippen LogP contribution in [0.15, 0.2) is 30.5 Å². The summed E-state index contributed by atoms with van der Waals surface area (Å²) >= 11 is 5.93. The second kappa shape index (κ2) is 5.90. The highest BCUT2D eigenvalue weighted by atomic mass is 35.5. The van der Waals surface area contributed by atoms with Gasteiger partial charge in [0.15, 0.2) is 0 Å². The molecule has 0 unspecified atom stereocenters. The molecule has 0 saturated carbocycles. The number of para-hydroxylation sites is 2. The Labute approximate surface area is 129 Å². The molecule has 3 rings (SSSR count). The van der Waals surface area contributed by atoms with Crippen LogP contribution in [-0.2, 0) is 26.4 Å². The predicted molar refractivity (Wildman–Crippen MR) is 85.8 cm³/mol. The Morgan fingerprint density at radius 2 is 2.05 bits per heavy atom. The fourth-order valence-electron chi connectivity index (χ4n) is 2.76. The summed E-state index contributed by atoms with van der Waals surface area (Å²) in [6, 6.07) is 8.23. The molecule has 0 aliphatic carbocycles. The van der Waals surface area contributed by atoms with Gasteiger partial charge < -0.3 is 4.57 Å². The van der Waals surface area contributed by atoms with Crippen molar-refractivity contribution in [1.82, 2.24) is 19.3 Å². The maximum atomic E-state index is 5.93. The van der Waals surface area contributed by atoms with Crippen LogP contribution < -0.4 is 0 Å². The SMILES string of the molecule is CCc1nn(C)cc1Cn1c(CCCl)nc2ccccc21. The lowest BCUT2D eigenvalue weighted by Crippen LogP contribution is -2.07. The van der Waals surface area contributed by atoms with E-state index in [-0.39, 0.29) is 0 Å². The average Bonchev–Trinajstić information content (AvgIpc) is 3.01. The number of halogens is 1. The summed E-state index contributed by atoms with van der Waals surface area (Å²) in [7, 11) is 1.97. The third kappa shape index (κ3) is 2.68. The van der Waals surface area contributed by atoms with Gasteiger partial charge in [-0.15, -0.1) is 11.6 Å². The molecule has 2 aromatic heterocycles. The van der Waals surface area contributed by atoms with Crippen molar-refractivity contribution in [3.63, 3.8) is 0 Å². The Morgan fingerprint density at radius 1 is 1.24 bits per heavy atom. The summed E-state index contributed by atoms with van der Waals surface area (Å²) in [5.41, 5.74) is 4.58. The lowest BCUT2D eigenvalue weighted by atomic mass is 10.2. The van der Waals surface area contributed by atoms with Crippen molar-refractivity contribution < 1.29 is 0 Å². The molecule has 1 aromatic carbocycles. The van der Waals surface area contributed by atoms with Crippen LogP contribution in [-0.4, -0.2) is 25.2 Å². The summed E-state index contributed by atoms with van der Waals surface area (Å²) in [6.45, 7) is 2.93. The third-order valence-electron chi connectivity index (χ3n) is 3.71. The Hall–Kier alpha value is -1.81. The summed E-state index contributed by atoms with van der Waals surface area (Å²) in [5, 5.41) is 4.52. The number of fused-ring (bicyclic) bond motifs is 1. The van der Waals surface area contributed by atoms with Crippen LogP contribution in [0.4, 0.5) is 0 Å². The molecule has 0 atom stereocenters. The van der Waals surface area contributed by atoms with Gasteiger partial charge in [-0.05, 0) is 18.6 Å². The highest BCUT2D eigenvalue weighted by Crippen LogP contribution is 2.20. The quantitative estimate of drug-likeness (QED) is 0.679. The minimum Gasteiger partial charge on any atom is -0.323 e. The van der Waals surface area contributed by atoms with Crippen molar-refractivity contribution in [3.05, 3.63) is 47.5 Å². The van der Waals surface area contributed by atoms with E-state index in [4.69, 9.17) is 16.6 Å². The minimum atomic E-state index is 0.580. The number of alkyl halides is 1. The smallest absolute Gasteiger partial charge is 0.111 e. The van der Waals surface area contributed by atoms with Crippen molar-refractivity contribution in [3.8, 4) is 0 Å². The van der Waals surface area contributed by atoms with Gasteiger partial charge in [-0.3, -0.25) is 4.68 Å². The average molecular weight is 303 g/mol. The lowest BCUT2D eigenvalue weighted by Gasteiger charge is -2.08. The van der Waals surface area contributed by atoms with Gasteiger partial charge in [0.25, 0.3) is 0 Å². The highest BCUT2D eigenvalue weighted by molar-refractivity contribution is 6.17. The van der Waals surface area contributed by atoms with Crippen LogP contribution >= 0.6 is 11.6 Å². The van der Waals surface area contributed by atoms with E-state index in [2.05, 4.69) is 34.9 Å². The molecule has 5 heteroatoms. The summed E-state index contributed by atoms with van der Waals surface area (Å²) in [4.78, 5) is 4.71. The van der Waals surface area contributed by atoms with Gasteiger partial charge in [0, 0.05) is 31.1 Å². The lowest BCUT2D eigenvalue weighted by molar-refractivity contribution is 0.746. The highest BCUT2D eigenvalue weighted by Gasteiger charge is 2.13. The molecule has 0 radical (unpaired) electrons. The van der Waals surface area contributed by atoms with Crippen LogP contribution in [0.3, 0.4) is 0 Å². The van der Waals surface area contributed by atoms with E-state index in [9.17, 15) is 0 Å². The fourth-order valence-corrected chi connectivity index (χ4v) is 2.93. The first kappa shape index (κ1) is 14.1. The molecule has 0 aliphatic heterocycles. The number of nitrogens with zero attached hydrogens (tertiary/aromatic N) is 4. The molecule has 0 amide bonds. The number of benzene rings is 1. The van der Waals surface area contributed by atoms with Crippen LogP contribution in [0.5, 0.6) is 0 Å². The van der Waals surface area contributed by atoms with Gasteiger partial charge in [0.2, 0.25) is 0 Å². The van der Waals surface area contributed by atoms with Crippen molar-refractivity contribution in [2.75, 3.05) is 5.88 Å². The molecule has 0 fully saturated rings. The van der Waals surface area contributed by atoms with Crippen molar-refractivity contribution in [2.24, 2.45) is 7.05 Å². The van der Waals surface area contributed by atoms with Crippen LogP contribution in [0.1, 0.15) is 24.0 Å². The van der Waals surface area contributed by atoms with E-state index in [0.717, 1.165) is 41.9 Å². The first-order chi connectivity index (χ1) is 10.2. The number of rotatable bonds is 5. The van der Waals surface area contributed by atoms with E-state index in [1.807, 2.05) is 23.9 Å². The number of hydrogen-bond acceptors (Lipinski definition) is 2. The summed E-state index contributed by atoms with van der Waals surface area (Å²) in [5.74, 6) is 1.62. The van der Waals surface area contributed by atoms with Gasteiger partial charge in [0.05, 0.1) is 23.3 Å². The van der Waals surface area contributed by atoms with Gasteiger partial charge in [0.1, 0.15) is 5.82 Å². The predicted octanol–water partition coefficient (Wildman–Crippen LogP) is 3.16. The molecule has 0 aliphatic rings. The monoisotopic (exact) mass is 302 g/mol. The Balaban J connectivity index is 2.07. The molecule has 3 aromatic rings. The molecule has 4 nitrogen and oxygen atoms in total. The summed E-state index contributed by atoms with van der Waals surface area (Å²) in [6.07, 6.45) is 3.81. The van der Waals surface area contributed by atoms with Crippen molar-refractivity contribution in [2.45, 2.75) is 26.3 Å². The van der Waals surface area contributed by atoms with Crippen molar-refractivity contribution >= 4 is 22.6 Å². The largest absolute Gasteiger partial charge is 0.323 e. The molecular formula is C16H19ClN4. The molecular weight excluding hydrogens is 284 g/mol. The number of aryl methyl sites for hydroxylation is 3. The van der Waals surface area contributed by atoms with Crippen LogP contribution in [0.25, 0.3) is 11.0 Å². The van der Waals surface area contributed by atoms with Crippen LogP contribution in [0, 0.1) is 0 Å². The van der Waals surface area contributed by atoms with Gasteiger partial charge in [-0.1, -0.05) is 19.1 Å². The Morgan fingerprint density at radius 3 is 2.81 bits per heavy atom. The number of hydrogen-bond donors (Lipinski definition) is 0. The van der Waals surface area contributed by atoms with Crippen LogP contribution in [0.2, 0.25) is 0 Å². The Bertz CT molecular complexity index is 757. The zero-order chi connectivity index (χ0) is 14.8. The fraction of sp³-hybridized carbons (Fsp3) is 0.375. The topological polar surface area (TPSA) is 35.6 Å². The number of imidazole rings is 1. The van der Waals surface area contributed by atoms with Gasteiger partial charge >= 0.3 is 0 Å². The number of aromatic nitrogens is 4. The first-order valence-corrected chi connectivity index (χ1v) is 7.78. The molecule has 110 valence electrons. The van der Waals surface area contributed by atoms with E-state index in [0.29, 0.717) is 5.88 Å². The maximum absolute atomic E-state index is 5.93. The zero-order valence-corrected chi connectivity index (χ0v) is 13.1. The normalized spacial score (nSPS) is 11.4. The van der Waals surface area contributed by atoms with Crippen molar-refractivity contribution in [1.29, 1.82) is 0 Å². The molecule has 0 saturated heterocycles. The van der Waals surface area contributed by atoms with E-state index in [1.54, 1.807) is 0 Å². The van der Waals surface area contributed by atoms with Gasteiger partial charge in [-0.25, -0.2) is 4.98 Å². The molecule has 0 bridgehead atoms. The van der Waals surface area contributed by atoms with E-state index >= 15 is 0 Å². The van der Waals surface area contributed by atoms with E-state index < -0.39 is 0 Å². The molecule has 2 heterocycles. The maximum Gasteiger partial charge on any atom is 0.111 e. The summed E-state index contributed by atoms with van der Waals surface area (Å²) < 4.78 is 4.14. The molecule has 0 spiro atoms. The first-order valence-electron chi connectivity index (χ1n) is 7.24. The third-order valence-corrected chi connectivity index (χ3v) is 3.90. The van der Waals surface area contributed by atoms with Gasteiger partial charge in [-0.2, -0.15) is 5.10 Å². The molecule has 21 heavy (non-hydrogen) atoms. The molecule has 0 N–H and O–H groups in total. The second-order valence-electron chi connectivity index (χ2n) is 5.17. The zero-order valence-electron chi connectivity index (χ0n) is 12.4. The Kier molecular flexibility index (Phi) is 3.97. The standard InChI is InChI=1S/C16H19ClN4/c1-3-13-12(10-20(2)19-13)11-21-15-7-5-4-6-14(15)18-16(21)8-9-17/h4-7,10H,3,8-9,11H2,1-2H3. The second-order valence-corrected chi connectivity index (χ2v) is 5.55. The van der Waals surface area contributed by atoms with E-state index in [1.165, 1.54) is 5.56 Å².